The maximum Gasteiger partial charge on any atom is 0.264 e. The molecule has 1 aromatic heterocycles. The minimum absolute atomic E-state index is 0.0211. The first kappa shape index (κ1) is 16.1. The largest absolute Gasteiger partial charge is 0.504 e. The number of ether oxygens (including phenoxy) is 1. The predicted octanol–water partition coefficient (Wildman–Crippen LogP) is 1.30. The van der Waals surface area contributed by atoms with Crippen LogP contribution >= 0.6 is 12.2 Å². The lowest BCUT2D eigenvalue weighted by Gasteiger charge is -2.12. The van der Waals surface area contributed by atoms with Gasteiger partial charge in [0.1, 0.15) is 5.56 Å². The number of phenols is 1. The number of rotatable bonds is 3. The molecule has 0 saturated heterocycles. The number of hydrogen-bond acceptors (Lipinski definition) is 7. The average Bonchev–Trinajstić information content (AvgIpc) is 3.02. The smallest absolute Gasteiger partial charge is 0.264 e. The number of methoxy groups -OCH3 is 1. The van der Waals surface area contributed by atoms with Crippen molar-refractivity contribution in [1.29, 1.82) is 0 Å². The number of phenolic OH excluding ortho intramolecular Hbond substituents is 1. The molecule has 0 unspecified atom stereocenters. The van der Waals surface area contributed by atoms with Gasteiger partial charge in [-0.05, 0) is 29.9 Å². The summed E-state index contributed by atoms with van der Waals surface area (Å²) in [6.07, 6.45) is 0.374. The topological polar surface area (TPSA) is 112 Å². The van der Waals surface area contributed by atoms with E-state index in [-0.39, 0.29) is 28.0 Å². The number of nitrogens with one attached hydrogen (secondary N) is 2. The summed E-state index contributed by atoms with van der Waals surface area (Å²) >= 11 is 4.95. The first-order valence-electron chi connectivity index (χ1n) is 7.14. The van der Waals surface area contributed by atoms with Crippen molar-refractivity contribution in [3.8, 4) is 17.4 Å². The third-order valence-electron chi connectivity index (χ3n) is 3.94. The highest BCUT2D eigenvalue weighted by Crippen LogP contribution is 2.32. The lowest BCUT2D eigenvalue weighted by molar-refractivity contribution is 0.372. The van der Waals surface area contributed by atoms with Gasteiger partial charge in [0.15, 0.2) is 16.3 Å². The van der Waals surface area contributed by atoms with Gasteiger partial charge in [0, 0.05) is 13.5 Å². The third-order valence-corrected chi connectivity index (χ3v) is 4.32. The van der Waals surface area contributed by atoms with Crippen LogP contribution in [0.25, 0.3) is 0 Å². The zero-order valence-electron chi connectivity index (χ0n) is 13.0. The molecule has 0 amide bonds. The fourth-order valence-corrected chi connectivity index (χ4v) is 2.76. The van der Waals surface area contributed by atoms with Crippen LogP contribution in [0.5, 0.6) is 17.4 Å². The Hall–Kier alpha value is -2.81. The second-order valence-corrected chi connectivity index (χ2v) is 5.78. The number of benzene rings is 1. The SMILES string of the molecule is COc1ccc([C@H]2CC(c3c(O)n(C)c(=S)[nH]c3=O)=NN2)cc1O. The normalized spacial score (nSPS) is 16.6. The first-order chi connectivity index (χ1) is 11.4. The van der Waals surface area contributed by atoms with E-state index in [9.17, 15) is 15.0 Å². The van der Waals surface area contributed by atoms with Gasteiger partial charge in [0.25, 0.3) is 5.56 Å². The minimum Gasteiger partial charge on any atom is -0.504 e. The number of hydrogen-bond donors (Lipinski definition) is 4. The van der Waals surface area contributed by atoms with Gasteiger partial charge in [0.2, 0.25) is 5.88 Å². The maximum absolute atomic E-state index is 12.1. The van der Waals surface area contributed by atoms with Gasteiger partial charge >= 0.3 is 0 Å². The fraction of sp³-hybridized carbons (Fsp3) is 0.267. The molecule has 1 aromatic carbocycles. The molecule has 2 aromatic rings. The number of aromatic amines is 1. The van der Waals surface area contributed by atoms with Gasteiger partial charge in [-0.25, -0.2) is 0 Å². The van der Waals surface area contributed by atoms with Crippen molar-refractivity contribution in [3.63, 3.8) is 0 Å². The highest BCUT2D eigenvalue weighted by molar-refractivity contribution is 7.71. The summed E-state index contributed by atoms with van der Waals surface area (Å²) in [5, 5.41) is 24.2. The Morgan fingerprint density at radius 2 is 2.17 bits per heavy atom. The lowest BCUT2D eigenvalue weighted by Crippen LogP contribution is -2.21. The Balaban J connectivity index is 1.91. The van der Waals surface area contributed by atoms with Crippen molar-refractivity contribution >= 4 is 17.9 Å². The molecule has 1 atom stereocenters. The molecular weight excluding hydrogens is 332 g/mol. The van der Waals surface area contributed by atoms with Gasteiger partial charge in [-0.1, -0.05) is 6.07 Å². The first-order valence-corrected chi connectivity index (χ1v) is 7.54. The molecule has 3 rings (SSSR count). The summed E-state index contributed by atoms with van der Waals surface area (Å²) in [5.41, 5.74) is 3.70. The summed E-state index contributed by atoms with van der Waals surface area (Å²) < 4.78 is 6.45. The monoisotopic (exact) mass is 348 g/mol. The number of H-pyrrole nitrogens is 1. The molecule has 1 aliphatic heterocycles. The van der Waals surface area contributed by atoms with E-state index in [1.54, 1.807) is 25.2 Å². The third kappa shape index (κ3) is 2.62. The van der Waals surface area contributed by atoms with E-state index in [4.69, 9.17) is 17.0 Å². The van der Waals surface area contributed by atoms with Gasteiger partial charge in [-0.2, -0.15) is 5.10 Å². The number of nitrogens with zero attached hydrogens (tertiary/aromatic N) is 2. The van der Waals surface area contributed by atoms with Crippen molar-refractivity contribution in [3.05, 3.63) is 44.5 Å². The van der Waals surface area contributed by atoms with Gasteiger partial charge in [-0.15, -0.1) is 0 Å². The second-order valence-electron chi connectivity index (χ2n) is 5.39. The predicted molar refractivity (Wildman–Crippen MR) is 90.2 cm³/mol. The molecule has 8 nitrogen and oxygen atoms in total. The zero-order chi connectivity index (χ0) is 17.4. The maximum atomic E-state index is 12.1. The highest BCUT2D eigenvalue weighted by atomic mass is 32.1. The summed E-state index contributed by atoms with van der Waals surface area (Å²) in [6, 6.07) is 4.79. The Kier molecular flexibility index (Phi) is 4.02. The molecule has 2 heterocycles. The van der Waals surface area contributed by atoms with Crippen molar-refractivity contribution in [2.75, 3.05) is 7.11 Å². The van der Waals surface area contributed by atoms with Crippen LogP contribution in [0.15, 0.2) is 28.1 Å². The van der Waals surface area contributed by atoms with E-state index in [0.717, 1.165) is 5.56 Å². The molecule has 0 aliphatic carbocycles. The molecule has 0 spiro atoms. The Morgan fingerprint density at radius 3 is 2.83 bits per heavy atom. The summed E-state index contributed by atoms with van der Waals surface area (Å²) in [7, 11) is 3.03. The quantitative estimate of drug-likeness (QED) is 0.622. The van der Waals surface area contributed by atoms with Crippen LogP contribution in [0.3, 0.4) is 0 Å². The zero-order valence-corrected chi connectivity index (χ0v) is 13.8. The standard InChI is InChI=1S/C15H16N4O4S/c1-19-14(22)12(13(21)16-15(19)24)9-6-8(17-18-9)7-3-4-11(23-2)10(20)5-7/h3-5,8,17,20,22H,6H2,1-2H3,(H,16,21,24)/t8-/m1/s1. The van der Waals surface area contributed by atoms with Crippen LogP contribution in [0.1, 0.15) is 23.6 Å². The van der Waals surface area contributed by atoms with Crippen LogP contribution in [0.4, 0.5) is 0 Å². The number of aromatic hydroxyl groups is 2. The fourth-order valence-electron chi connectivity index (χ4n) is 2.58. The van der Waals surface area contributed by atoms with Gasteiger partial charge in [-0.3, -0.25) is 14.3 Å². The Morgan fingerprint density at radius 1 is 1.42 bits per heavy atom. The molecule has 4 N–H and O–H groups in total. The van der Waals surface area contributed by atoms with Crippen LogP contribution in [-0.4, -0.2) is 32.6 Å². The van der Waals surface area contributed by atoms with Crippen molar-refractivity contribution < 1.29 is 14.9 Å². The van der Waals surface area contributed by atoms with Gasteiger partial charge in [0.05, 0.1) is 18.9 Å². The summed E-state index contributed by atoms with van der Waals surface area (Å²) in [5.74, 6) is 0.162. The molecule has 0 bridgehead atoms. The van der Waals surface area contributed by atoms with E-state index >= 15 is 0 Å². The molecule has 0 saturated carbocycles. The van der Waals surface area contributed by atoms with Crippen LogP contribution in [-0.2, 0) is 7.05 Å². The minimum atomic E-state index is -0.491. The van der Waals surface area contributed by atoms with Crippen LogP contribution in [0.2, 0.25) is 0 Å². The van der Waals surface area contributed by atoms with E-state index in [0.29, 0.717) is 17.9 Å². The lowest BCUT2D eigenvalue weighted by atomic mass is 9.99. The summed E-state index contributed by atoms with van der Waals surface area (Å²) in [6.45, 7) is 0. The van der Waals surface area contributed by atoms with Crippen LogP contribution in [0, 0.1) is 4.77 Å². The molecule has 126 valence electrons. The number of hydrazone groups is 1. The van der Waals surface area contributed by atoms with Crippen molar-refractivity contribution in [2.24, 2.45) is 12.1 Å². The van der Waals surface area contributed by atoms with E-state index in [2.05, 4.69) is 15.5 Å². The molecule has 1 aliphatic rings. The second kappa shape index (κ2) is 6.00. The van der Waals surface area contributed by atoms with Crippen molar-refractivity contribution in [2.45, 2.75) is 12.5 Å². The molecule has 24 heavy (non-hydrogen) atoms. The average molecular weight is 348 g/mol. The highest BCUT2D eigenvalue weighted by Gasteiger charge is 2.26. The van der Waals surface area contributed by atoms with E-state index in [1.807, 2.05) is 0 Å². The Bertz CT molecular complexity index is 947. The van der Waals surface area contributed by atoms with Gasteiger partial charge < -0.3 is 20.4 Å². The van der Waals surface area contributed by atoms with E-state index in [1.165, 1.54) is 11.7 Å². The number of aromatic nitrogens is 2. The van der Waals surface area contributed by atoms with E-state index < -0.39 is 5.56 Å². The Labute approximate surface area is 142 Å². The van der Waals surface area contributed by atoms with Crippen LogP contribution < -0.4 is 15.7 Å². The van der Waals surface area contributed by atoms with Crippen molar-refractivity contribution in [1.82, 2.24) is 15.0 Å². The molecule has 9 heteroatoms. The molecule has 0 fully saturated rings. The summed E-state index contributed by atoms with van der Waals surface area (Å²) in [4.78, 5) is 14.6. The molecule has 0 radical (unpaired) electrons. The molecular formula is C15H16N4O4S.